The van der Waals surface area contributed by atoms with E-state index in [2.05, 4.69) is 5.32 Å². The molecule has 1 rings (SSSR count). The molecule has 0 aliphatic carbocycles. The predicted molar refractivity (Wildman–Crippen MR) is 93.7 cm³/mol. The maximum absolute atomic E-state index is 12.4. The molecule has 1 aliphatic rings. The highest BCUT2D eigenvalue weighted by Crippen LogP contribution is 2.21. The first-order chi connectivity index (χ1) is 10.8. The molecule has 2 amide bonds. The second kappa shape index (κ2) is 10.5. The smallest absolute Gasteiger partial charge is 0.325 e. The fourth-order valence-electron chi connectivity index (χ4n) is 2.85. The van der Waals surface area contributed by atoms with E-state index in [9.17, 15) is 14.4 Å². The summed E-state index contributed by atoms with van der Waals surface area (Å²) in [6.45, 7) is 6.71. The molecule has 0 spiro atoms. The number of rotatable bonds is 7. The molecule has 1 aliphatic heterocycles. The van der Waals surface area contributed by atoms with Crippen LogP contribution in [0, 0.1) is 5.92 Å². The van der Waals surface area contributed by atoms with Gasteiger partial charge in [-0.05, 0) is 33.1 Å². The number of carbonyl (C=O) groups excluding carboxylic acids is 3. The first kappa shape index (κ1) is 22.7. The molecule has 3 N–H and O–H groups in total. The van der Waals surface area contributed by atoms with Crippen LogP contribution in [0.15, 0.2) is 0 Å². The Morgan fingerprint density at radius 2 is 1.83 bits per heavy atom. The van der Waals surface area contributed by atoms with Crippen molar-refractivity contribution < 1.29 is 19.1 Å². The lowest BCUT2D eigenvalue weighted by atomic mass is 9.91. The number of likely N-dealkylation sites (tertiary alicyclic amines) is 1. The molecule has 0 aromatic carbocycles. The summed E-state index contributed by atoms with van der Waals surface area (Å²) in [6.07, 6.45) is 2.67. The molecule has 0 aromatic rings. The molecule has 140 valence electrons. The maximum atomic E-state index is 12.4. The van der Waals surface area contributed by atoms with Crippen molar-refractivity contribution in [2.75, 3.05) is 26.2 Å². The van der Waals surface area contributed by atoms with Gasteiger partial charge in [0.1, 0.15) is 6.54 Å². The van der Waals surface area contributed by atoms with E-state index < -0.39 is 11.5 Å². The van der Waals surface area contributed by atoms with Gasteiger partial charge in [0.2, 0.25) is 11.8 Å². The largest absolute Gasteiger partial charge is 0.465 e. The van der Waals surface area contributed by atoms with Crippen LogP contribution in [0.4, 0.5) is 0 Å². The van der Waals surface area contributed by atoms with Gasteiger partial charge < -0.3 is 20.7 Å². The Morgan fingerprint density at radius 3 is 2.33 bits per heavy atom. The lowest BCUT2D eigenvalue weighted by Crippen LogP contribution is -2.55. The molecular weight excluding hydrogens is 334 g/mol. The van der Waals surface area contributed by atoms with Gasteiger partial charge in [0.05, 0.1) is 12.1 Å². The third kappa shape index (κ3) is 6.65. The molecular formula is C16H30ClN3O4. The lowest BCUT2D eigenvalue weighted by Gasteiger charge is -2.36. The molecule has 1 atom stereocenters. The van der Waals surface area contributed by atoms with Crippen LogP contribution in [0.3, 0.4) is 0 Å². The van der Waals surface area contributed by atoms with Crippen molar-refractivity contribution >= 4 is 30.2 Å². The summed E-state index contributed by atoms with van der Waals surface area (Å²) in [5.74, 6) is -0.824. The minimum Gasteiger partial charge on any atom is -0.465 e. The fraction of sp³-hybridized carbons (Fsp3) is 0.812. The summed E-state index contributed by atoms with van der Waals surface area (Å²) >= 11 is 0. The summed E-state index contributed by atoms with van der Waals surface area (Å²) < 4.78 is 4.77. The first-order valence-corrected chi connectivity index (χ1v) is 8.33. The third-order valence-corrected chi connectivity index (χ3v) is 4.12. The van der Waals surface area contributed by atoms with E-state index in [0.29, 0.717) is 39.0 Å². The van der Waals surface area contributed by atoms with Crippen LogP contribution in [-0.4, -0.2) is 54.5 Å². The van der Waals surface area contributed by atoms with Gasteiger partial charge in [0, 0.05) is 19.0 Å². The Kier molecular flexibility index (Phi) is 9.92. The number of hydrogen-bond donors (Lipinski definition) is 2. The zero-order chi connectivity index (χ0) is 17.5. The highest BCUT2D eigenvalue weighted by molar-refractivity contribution is 5.87. The van der Waals surface area contributed by atoms with E-state index in [0.717, 1.165) is 6.42 Å². The topological polar surface area (TPSA) is 102 Å². The highest BCUT2D eigenvalue weighted by Gasteiger charge is 2.35. The molecule has 7 nitrogen and oxygen atoms in total. The van der Waals surface area contributed by atoms with Crippen LogP contribution < -0.4 is 11.1 Å². The van der Waals surface area contributed by atoms with Crippen LogP contribution in [0.25, 0.3) is 0 Å². The summed E-state index contributed by atoms with van der Waals surface area (Å²) in [6, 6.07) is 0. The van der Waals surface area contributed by atoms with Gasteiger partial charge in [0.25, 0.3) is 0 Å². The van der Waals surface area contributed by atoms with E-state index in [4.69, 9.17) is 10.5 Å². The SMILES string of the molecule is CCCC(C)(N)C(=O)N1CCC(C(=O)NCC(=O)OCC)CC1.Cl. The quantitative estimate of drug-likeness (QED) is 0.653. The third-order valence-electron chi connectivity index (χ3n) is 4.12. The average Bonchev–Trinajstić information content (AvgIpc) is 2.52. The van der Waals surface area contributed by atoms with Crippen LogP contribution in [0.2, 0.25) is 0 Å². The number of halogens is 1. The Morgan fingerprint density at radius 1 is 1.25 bits per heavy atom. The van der Waals surface area contributed by atoms with Gasteiger partial charge >= 0.3 is 5.97 Å². The minimum atomic E-state index is -0.840. The van der Waals surface area contributed by atoms with Crippen molar-refractivity contribution in [2.24, 2.45) is 11.7 Å². The standard InChI is InChI=1S/C16H29N3O4.ClH/c1-4-8-16(3,17)15(22)19-9-6-12(7-10-19)14(21)18-11-13(20)23-5-2;/h12H,4-11,17H2,1-3H3,(H,18,21);1H. The number of nitrogens with two attached hydrogens (primary N) is 1. The van der Waals surface area contributed by atoms with E-state index in [1.807, 2.05) is 6.92 Å². The monoisotopic (exact) mass is 363 g/mol. The first-order valence-electron chi connectivity index (χ1n) is 8.33. The van der Waals surface area contributed by atoms with E-state index in [1.165, 1.54) is 0 Å². The summed E-state index contributed by atoms with van der Waals surface area (Å²) in [5, 5.41) is 2.59. The number of carbonyl (C=O) groups is 3. The second-order valence-corrected chi connectivity index (χ2v) is 6.26. The van der Waals surface area contributed by atoms with Gasteiger partial charge in [-0.2, -0.15) is 0 Å². The van der Waals surface area contributed by atoms with Gasteiger partial charge in [-0.25, -0.2) is 0 Å². The van der Waals surface area contributed by atoms with Crippen molar-refractivity contribution in [3.63, 3.8) is 0 Å². The number of esters is 1. The molecule has 1 unspecified atom stereocenters. The maximum Gasteiger partial charge on any atom is 0.325 e. The van der Waals surface area contributed by atoms with Crippen molar-refractivity contribution in [1.29, 1.82) is 0 Å². The molecule has 1 saturated heterocycles. The molecule has 1 heterocycles. The van der Waals surface area contributed by atoms with E-state index in [1.54, 1.807) is 18.7 Å². The van der Waals surface area contributed by atoms with Crippen LogP contribution >= 0.6 is 12.4 Å². The molecule has 24 heavy (non-hydrogen) atoms. The van der Waals surface area contributed by atoms with Crippen LogP contribution in [-0.2, 0) is 19.1 Å². The van der Waals surface area contributed by atoms with Gasteiger partial charge in [-0.3, -0.25) is 14.4 Å². The Balaban J connectivity index is 0.00000529. The average molecular weight is 364 g/mol. The van der Waals surface area contributed by atoms with Crippen molar-refractivity contribution in [3.8, 4) is 0 Å². The number of nitrogens with zero attached hydrogens (tertiary/aromatic N) is 1. The summed E-state index contributed by atoms with van der Waals surface area (Å²) in [5.41, 5.74) is 5.24. The number of piperidine rings is 1. The zero-order valence-electron chi connectivity index (χ0n) is 14.8. The summed E-state index contributed by atoms with van der Waals surface area (Å²) in [4.78, 5) is 37.4. The summed E-state index contributed by atoms with van der Waals surface area (Å²) in [7, 11) is 0. The van der Waals surface area contributed by atoms with Gasteiger partial charge in [0.15, 0.2) is 0 Å². The number of ether oxygens (including phenoxy) is 1. The van der Waals surface area contributed by atoms with E-state index >= 15 is 0 Å². The van der Waals surface area contributed by atoms with Gasteiger partial charge in [-0.15, -0.1) is 12.4 Å². The van der Waals surface area contributed by atoms with Crippen LogP contribution in [0.1, 0.15) is 46.5 Å². The van der Waals surface area contributed by atoms with E-state index in [-0.39, 0.29) is 36.7 Å². The normalized spacial score (nSPS) is 17.4. The molecule has 0 saturated carbocycles. The minimum absolute atomic E-state index is 0. The Hall–Kier alpha value is -1.34. The lowest BCUT2D eigenvalue weighted by molar-refractivity contribution is -0.144. The molecule has 8 heteroatoms. The van der Waals surface area contributed by atoms with Crippen molar-refractivity contribution in [2.45, 2.75) is 52.0 Å². The molecule has 0 radical (unpaired) electrons. The van der Waals surface area contributed by atoms with Gasteiger partial charge in [-0.1, -0.05) is 13.3 Å². The number of amides is 2. The molecule has 1 fully saturated rings. The van der Waals surface area contributed by atoms with Crippen molar-refractivity contribution in [1.82, 2.24) is 10.2 Å². The number of hydrogen-bond acceptors (Lipinski definition) is 5. The fourth-order valence-corrected chi connectivity index (χ4v) is 2.85. The molecule has 0 bridgehead atoms. The predicted octanol–water partition coefficient (Wildman–Crippen LogP) is 0.844. The van der Waals surface area contributed by atoms with Crippen molar-refractivity contribution in [3.05, 3.63) is 0 Å². The highest BCUT2D eigenvalue weighted by atomic mass is 35.5. The van der Waals surface area contributed by atoms with Crippen LogP contribution in [0.5, 0.6) is 0 Å². The Labute approximate surface area is 150 Å². The number of nitrogens with one attached hydrogen (secondary N) is 1. The molecule has 0 aromatic heterocycles. The zero-order valence-corrected chi connectivity index (χ0v) is 15.6. The Bertz CT molecular complexity index is 435. The second-order valence-electron chi connectivity index (χ2n) is 6.26.